The van der Waals surface area contributed by atoms with E-state index in [0.717, 1.165) is 12.2 Å². The molecule has 0 atom stereocenters. The Balaban J connectivity index is 3.06. The van der Waals surface area contributed by atoms with Gasteiger partial charge in [-0.2, -0.15) is 0 Å². The van der Waals surface area contributed by atoms with Crippen LogP contribution in [-0.4, -0.2) is 16.7 Å². The van der Waals surface area contributed by atoms with Crippen LogP contribution in [0, 0.1) is 5.41 Å². The quantitative estimate of drug-likeness (QED) is 0.374. The third-order valence-corrected chi connectivity index (χ3v) is 1.67. The van der Waals surface area contributed by atoms with Gasteiger partial charge in [-0.25, -0.2) is 0 Å². The predicted octanol–water partition coefficient (Wildman–Crippen LogP) is 2.35. The van der Waals surface area contributed by atoms with Crippen molar-refractivity contribution in [3.8, 4) is 0 Å². The Kier molecular flexibility index (Phi) is 5.66. The number of alkyl halides is 1. The summed E-state index contributed by atoms with van der Waals surface area (Å²) in [5.74, 6) is 1.56. The summed E-state index contributed by atoms with van der Waals surface area (Å²) in [7, 11) is 0. The monoisotopic (exact) mass is 151 g/mol. The number of thioether (sulfide) groups is 1. The van der Waals surface area contributed by atoms with E-state index in [9.17, 15) is 0 Å². The molecule has 0 spiro atoms. The van der Waals surface area contributed by atoms with Gasteiger partial charge in [0.1, 0.15) is 0 Å². The van der Waals surface area contributed by atoms with Crippen LogP contribution in [0.2, 0.25) is 0 Å². The number of hydrogen-bond donors (Lipinski definition) is 1. The normalized spacial score (nSPS) is 9.25. The first kappa shape index (κ1) is 8.31. The summed E-state index contributed by atoms with van der Waals surface area (Å²) < 4.78 is 0. The summed E-state index contributed by atoms with van der Waals surface area (Å²) in [6.45, 7) is 2.04. The Morgan fingerprint density at radius 3 is 2.75 bits per heavy atom. The lowest BCUT2D eigenvalue weighted by Crippen LogP contribution is -1.90. The van der Waals surface area contributed by atoms with E-state index in [2.05, 4.69) is 0 Å². The van der Waals surface area contributed by atoms with Crippen LogP contribution >= 0.6 is 23.4 Å². The minimum Gasteiger partial charge on any atom is -0.298 e. The fourth-order valence-electron chi connectivity index (χ4n) is 0.332. The SMILES string of the molecule is CCSC(=N)CCCl. The van der Waals surface area contributed by atoms with E-state index in [-0.39, 0.29) is 0 Å². The molecule has 0 aliphatic heterocycles. The Morgan fingerprint density at radius 1 is 1.75 bits per heavy atom. The zero-order valence-electron chi connectivity index (χ0n) is 4.91. The standard InChI is InChI=1S/C5H10ClNS/c1-2-8-5(7)3-4-6/h7H,2-4H2,1H3. The largest absolute Gasteiger partial charge is 0.298 e. The summed E-state index contributed by atoms with van der Waals surface area (Å²) in [5.41, 5.74) is 0. The topological polar surface area (TPSA) is 23.9 Å². The second-order valence-electron chi connectivity index (χ2n) is 1.30. The number of nitrogens with one attached hydrogen (secondary N) is 1. The Morgan fingerprint density at radius 2 is 2.38 bits per heavy atom. The average Bonchev–Trinajstić information content (AvgIpc) is 1.68. The maximum Gasteiger partial charge on any atom is 0.0653 e. The molecule has 0 bridgehead atoms. The molecule has 0 unspecified atom stereocenters. The molecule has 0 amide bonds. The van der Waals surface area contributed by atoms with Crippen LogP contribution in [0.3, 0.4) is 0 Å². The van der Waals surface area contributed by atoms with E-state index in [1.165, 1.54) is 0 Å². The van der Waals surface area contributed by atoms with Crippen molar-refractivity contribution in [1.82, 2.24) is 0 Å². The van der Waals surface area contributed by atoms with Gasteiger partial charge in [-0.3, -0.25) is 5.41 Å². The fourth-order valence-corrected chi connectivity index (χ4v) is 1.23. The van der Waals surface area contributed by atoms with Gasteiger partial charge in [-0.05, 0) is 5.75 Å². The summed E-state index contributed by atoms with van der Waals surface area (Å²) in [6.07, 6.45) is 0.722. The van der Waals surface area contributed by atoms with Crippen LogP contribution in [0.1, 0.15) is 13.3 Å². The Labute approximate surface area is 59.3 Å². The first-order valence-electron chi connectivity index (χ1n) is 2.57. The highest BCUT2D eigenvalue weighted by atomic mass is 35.5. The average molecular weight is 152 g/mol. The van der Waals surface area contributed by atoms with Gasteiger partial charge >= 0.3 is 0 Å². The Bertz CT molecular complexity index is 66.8. The number of hydrogen-bond acceptors (Lipinski definition) is 2. The van der Waals surface area contributed by atoms with Crippen molar-refractivity contribution in [3.63, 3.8) is 0 Å². The molecule has 1 N–H and O–H groups in total. The van der Waals surface area contributed by atoms with Crippen molar-refractivity contribution in [1.29, 1.82) is 5.41 Å². The van der Waals surface area contributed by atoms with Crippen molar-refractivity contribution in [2.75, 3.05) is 11.6 Å². The molecule has 8 heavy (non-hydrogen) atoms. The minimum atomic E-state index is 0.575. The minimum absolute atomic E-state index is 0.575. The first-order valence-corrected chi connectivity index (χ1v) is 4.09. The lowest BCUT2D eigenvalue weighted by atomic mass is 10.5. The van der Waals surface area contributed by atoms with Crippen LogP contribution < -0.4 is 0 Å². The van der Waals surface area contributed by atoms with Crippen LogP contribution in [0.4, 0.5) is 0 Å². The van der Waals surface area contributed by atoms with Crippen LogP contribution in [0.5, 0.6) is 0 Å². The third-order valence-electron chi connectivity index (χ3n) is 0.640. The van der Waals surface area contributed by atoms with Crippen molar-refractivity contribution in [3.05, 3.63) is 0 Å². The van der Waals surface area contributed by atoms with Crippen LogP contribution in [0.15, 0.2) is 0 Å². The van der Waals surface area contributed by atoms with Gasteiger partial charge in [0.25, 0.3) is 0 Å². The predicted molar refractivity (Wildman–Crippen MR) is 41.2 cm³/mol. The van der Waals surface area contributed by atoms with Crippen molar-refractivity contribution in [2.45, 2.75) is 13.3 Å². The summed E-state index contributed by atoms with van der Waals surface area (Å²) >= 11 is 6.93. The molecule has 0 rings (SSSR count). The van der Waals surface area contributed by atoms with Gasteiger partial charge in [-0.1, -0.05) is 6.92 Å². The smallest absolute Gasteiger partial charge is 0.0653 e. The van der Waals surface area contributed by atoms with Gasteiger partial charge in [0.2, 0.25) is 0 Å². The first-order chi connectivity index (χ1) is 3.81. The lowest BCUT2D eigenvalue weighted by Gasteiger charge is -1.94. The highest BCUT2D eigenvalue weighted by molar-refractivity contribution is 8.13. The highest BCUT2D eigenvalue weighted by Gasteiger charge is 1.91. The van der Waals surface area contributed by atoms with E-state index in [1.807, 2.05) is 6.92 Å². The van der Waals surface area contributed by atoms with E-state index in [0.29, 0.717) is 10.9 Å². The third kappa shape index (κ3) is 4.47. The lowest BCUT2D eigenvalue weighted by molar-refractivity contribution is 1.29. The summed E-state index contributed by atoms with van der Waals surface area (Å²) in [6, 6.07) is 0. The Hall–Kier alpha value is 0.310. The summed E-state index contributed by atoms with van der Waals surface area (Å²) in [5, 5.41) is 7.86. The van der Waals surface area contributed by atoms with E-state index in [1.54, 1.807) is 11.8 Å². The second-order valence-corrected chi connectivity index (χ2v) is 3.03. The molecule has 0 aromatic heterocycles. The molecule has 0 aliphatic carbocycles. The zero-order valence-corrected chi connectivity index (χ0v) is 6.48. The molecular weight excluding hydrogens is 142 g/mol. The van der Waals surface area contributed by atoms with Crippen LogP contribution in [-0.2, 0) is 0 Å². The molecule has 3 heteroatoms. The molecule has 0 aromatic carbocycles. The van der Waals surface area contributed by atoms with Crippen LogP contribution in [0.25, 0.3) is 0 Å². The molecule has 1 nitrogen and oxygen atoms in total. The van der Waals surface area contributed by atoms with E-state index < -0.39 is 0 Å². The van der Waals surface area contributed by atoms with E-state index >= 15 is 0 Å². The molecule has 0 radical (unpaired) electrons. The molecule has 0 saturated heterocycles. The molecule has 0 fully saturated rings. The maximum atomic E-state index is 7.17. The maximum absolute atomic E-state index is 7.17. The molecule has 0 heterocycles. The molecule has 0 aliphatic rings. The highest BCUT2D eigenvalue weighted by Crippen LogP contribution is 2.04. The molecule has 48 valence electrons. The van der Waals surface area contributed by atoms with Crippen molar-refractivity contribution in [2.24, 2.45) is 0 Å². The van der Waals surface area contributed by atoms with Gasteiger partial charge < -0.3 is 0 Å². The molecular formula is C5H10ClNS. The molecule has 0 aromatic rings. The zero-order chi connectivity index (χ0) is 6.41. The fraction of sp³-hybridized carbons (Fsp3) is 0.800. The summed E-state index contributed by atoms with van der Waals surface area (Å²) in [4.78, 5) is 0. The second kappa shape index (κ2) is 5.45. The number of rotatable bonds is 3. The number of halogens is 1. The van der Waals surface area contributed by atoms with Gasteiger partial charge in [-0.15, -0.1) is 23.4 Å². The van der Waals surface area contributed by atoms with Gasteiger partial charge in [0, 0.05) is 12.3 Å². The van der Waals surface area contributed by atoms with Gasteiger partial charge in [0.05, 0.1) is 5.04 Å². The van der Waals surface area contributed by atoms with Gasteiger partial charge in [0.15, 0.2) is 0 Å². The van der Waals surface area contributed by atoms with E-state index in [4.69, 9.17) is 17.0 Å². The molecule has 0 saturated carbocycles. The van der Waals surface area contributed by atoms with Crippen molar-refractivity contribution >= 4 is 28.4 Å². The van der Waals surface area contributed by atoms with Crippen molar-refractivity contribution < 1.29 is 0 Å².